The third kappa shape index (κ3) is 3.32. The Kier molecular flexibility index (Phi) is 5.25. The first-order chi connectivity index (χ1) is 16.0. The molecule has 3 aromatic carbocycles. The molecule has 1 aliphatic heterocycles. The number of aliphatic hydroxyl groups excluding tert-OH is 1. The fraction of sp³-hybridized carbons (Fsp3) is 0.214. The summed E-state index contributed by atoms with van der Waals surface area (Å²) in [6.45, 7) is 4.46. The lowest BCUT2D eigenvalue weighted by Gasteiger charge is -2.25. The number of carbonyl (C=O) groups is 2. The number of unbranched alkanes of at least 4 members (excludes halogenated alkanes) is 1. The number of nitrogens with zero attached hydrogens (tertiary/aromatic N) is 1. The first kappa shape index (κ1) is 21.0. The molecule has 0 radical (unpaired) electrons. The number of Topliss-reactive ketones (excluding diaryl/α,β-unsaturated/α-hetero) is 1. The molecule has 1 aliphatic rings. The van der Waals surface area contributed by atoms with Crippen molar-refractivity contribution >= 4 is 39.1 Å². The number of aryl methyl sites for hydroxylation is 1. The van der Waals surface area contributed by atoms with Gasteiger partial charge in [-0.2, -0.15) is 0 Å². The molecular formula is C28H26N2O3. The monoisotopic (exact) mass is 438 g/mol. The zero-order valence-electron chi connectivity index (χ0n) is 18.8. The van der Waals surface area contributed by atoms with Crippen LogP contribution in [-0.4, -0.2) is 33.2 Å². The summed E-state index contributed by atoms with van der Waals surface area (Å²) in [4.78, 5) is 31.6. The smallest absolute Gasteiger partial charge is 0.295 e. The number of hydrogen-bond acceptors (Lipinski definition) is 3. The zero-order chi connectivity index (χ0) is 23.1. The summed E-state index contributed by atoms with van der Waals surface area (Å²) in [5.41, 5.74) is 3.40. The van der Waals surface area contributed by atoms with Crippen LogP contribution in [0.3, 0.4) is 0 Å². The number of H-pyrrole nitrogens is 1. The van der Waals surface area contributed by atoms with Crippen LogP contribution < -0.4 is 0 Å². The van der Waals surface area contributed by atoms with E-state index in [1.165, 1.54) is 0 Å². The molecule has 0 bridgehead atoms. The van der Waals surface area contributed by atoms with Crippen LogP contribution in [0.2, 0.25) is 0 Å². The minimum Gasteiger partial charge on any atom is -0.507 e. The van der Waals surface area contributed by atoms with Gasteiger partial charge < -0.3 is 15.0 Å². The second kappa shape index (κ2) is 8.24. The fourth-order valence-corrected chi connectivity index (χ4v) is 4.97. The number of nitrogens with one attached hydrogen (secondary N) is 1. The van der Waals surface area contributed by atoms with E-state index in [4.69, 9.17) is 0 Å². The van der Waals surface area contributed by atoms with Crippen molar-refractivity contribution in [2.24, 2.45) is 0 Å². The number of amides is 1. The summed E-state index contributed by atoms with van der Waals surface area (Å²) < 4.78 is 0. The van der Waals surface area contributed by atoms with Gasteiger partial charge in [0, 0.05) is 34.3 Å². The highest BCUT2D eigenvalue weighted by molar-refractivity contribution is 6.47. The van der Waals surface area contributed by atoms with Crippen molar-refractivity contribution < 1.29 is 14.7 Å². The van der Waals surface area contributed by atoms with Gasteiger partial charge in [-0.3, -0.25) is 9.59 Å². The average Bonchev–Trinajstić information content (AvgIpc) is 3.29. The molecule has 1 atom stereocenters. The number of benzene rings is 3. The van der Waals surface area contributed by atoms with Gasteiger partial charge in [0.25, 0.3) is 11.7 Å². The Hall–Kier alpha value is -3.86. The highest BCUT2D eigenvalue weighted by Crippen LogP contribution is 2.44. The van der Waals surface area contributed by atoms with Gasteiger partial charge in [-0.1, -0.05) is 74.0 Å². The van der Waals surface area contributed by atoms with Crippen LogP contribution in [0.15, 0.2) is 72.3 Å². The molecule has 1 fully saturated rings. The summed E-state index contributed by atoms with van der Waals surface area (Å²) in [7, 11) is 0. The number of aliphatic hydroxyl groups is 1. The topological polar surface area (TPSA) is 73.4 Å². The molecule has 1 saturated heterocycles. The molecule has 2 N–H and O–H groups in total. The van der Waals surface area contributed by atoms with Gasteiger partial charge in [-0.05, 0) is 30.2 Å². The first-order valence-electron chi connectivity index (χ1n) is 11.4. The van der Waals surface area contributed by atoms with Crippen LogP contribution in [0, 0.1) is 6.92 Å². The van der Waals surface area contributed by atoms with E-state index >= 15 is 0 Å². The molecule has 166 valence electrons. The predicted molar refractivity (Wildman–Crippen MR) is 131 cm³/mol. The molecule has 0 saturated carbocycles. The van der Waals surface area contributed by atoms with Gasteiger partial charge in [-0.25, -0.2) is 0 Å². The van der Waals surface area contributed by atoms with Crippen LogP contribution in [0.25, 0.3) is 27.4 Å². The Morgan fingerprint density at radius 3 is 2.45 bits per heavy atom. The molecule has 5 rings (SSSR count). The Bertz CT molecular complexity index is 1420. The Morgan fingerprint density at radius 1 is 0.970 bits per heavy atom. The number of para-hydroxylation sites is 1. The summed E-state index contributed by atoms with van der Waals surface area (Å²) in [6, 6.07) is 20.6. The Labute approximate surface area is 192 Å². The average molecular weight is 439 g/mol. The quantitative estimate of drug-likeness (QED) is 0.233. The second-order valence-electron chi connectivity index (χ2n) is 8.58. The standard InChI is InChI=1S/C28H26N2O3/c1-3-4-16-30-25(23-17(2)29-22-15-8-7-13-21(22)23)24(27(32)28(30)33)26(31)20-14-9-11-18-10-5-6-12-19(18)20/h5-15,25,29,31H,3-4,16H2,1-2H3/b26-24+. The van der Waals surface area contributed by atoms with Gasteiger partial charge in [0.1, 0.15) is 5.76 Å². The lowest BCUT2D eigenvalue weighted by Crippen LogP contribution is -2.30. The van der Waals surface area contributed by atoms with Crippen molar-refractivity contribution in [1.29, 1.82) is 0 Å². The van der Waals surface area contributed by atoms with E-state index in [0.29, 0.717) is 12.1 Å². The molecule has 1 aromatic heterocycles. The maximum absolute atomic E-state index is 13.4. The third-order valence-electron chi connectivity index (χ3n) is 6.55. The number of likely N-dealkylation sites (tertiary alicyclic amines) is 1. The Morgan fingerprint density at radius 2 is 1.67 bits per heavy atom. The second-order valence-corrected chi connectivity index (χ2v) is 8.58. The van der Waals surface area contributed by atoms with Gasteiger partial charge in [0.2, 0.25) is 0 Å². The molecule has 1 amide bonds. The molecule has 4 aromatic rings. The molecule has 0 spiro atoms. The highest BCUT2D eigenvalue weighted by atomic mass is 16.3. The molecular weight excluding hydrogens is 412 g/mol. The van der Waals surface area contributed by atoms with Crippen molar-refractivity contribution in [1.82, 2.24) is 9.88 Å². The van der Waals surface area contributed by atoms with Crippen LogP contribution in [0.1, 0.15) is 42.6 Å². The van der Waals surface area contributed by atoms with E-state index in [9.17, 15) is 14.7 Å². The lowest BCUT2D eigenvalue weighted by atomic mass is 9.92. The normalized spacial score (nSPS) is 18.0. The van der Waals surface area contributed by atoms with E-state index in [2.05, 4.69) is 11.9 Å². The molecule has 33 heavy (non-hydrogen) atoms. The van der Waals surface area contributed by atoms with Crippen LogP contribution >= 0.6 is 0 Å². The van der Waals surface area contributed by atoms with Crippen molar-refractivity contribution in [2.75, 3.05) is 6.54 Å². The lowest BCUT2D eigenvalue weighted by molar-refractivity contribution is -0.139. The van der Waals surface area contributed by atoms with Gasteiger partial charge in [-0.15, -0.1) is 0 Å². The number of hydrogen-bond donors (Lipinski definition) is 2. The minimum absolute atomic E-state index is 0.126. The van der Waals surface area contributed by atoms with Crippen molar-refractivity contribution in [3.63, 3.8) is 0 Å². The minimum atomic E-state index is -0.647. The SMILES string of the molecule is CCCCN1C(=O)C(=O)/C(=C(/O)c2cccc3ccccc23)C1c1c(C)[nH]c2ccccc12. The maximum atomic E-state index is 13.4. The van der Waals surface area contributed by atoms with Crippen molar-refractivity contribution in [2.45, 2.75) is 32.7 Å². The summed E-state index contributed by atoms with van der Waals surface area (Å²) in [6.07, 6.45) is 1.67. The summed E-state index contributed by atoms with van der Waals surface area (Å²) >= 11 is 0. The largest absolute Gasteiger partial charge is 0.507 e. The van der Waals surface area contributed by atoms with Crippen molar-refractivity contribution in [3.05, 3.63) is 89.1 Å². The molecule has 2 heterocycles. The fourth-order valence-electron chi connectivity index (χ4n) is 4.97. The Balaban J connectivity index is 1.79. The maximum Gasteiger partial charge on any atom is 0.295 e. The van der Waals surface area contributed by atoms with Crippen LogP contribution in [0.4, 0.5) is 0 Å². The predicted octanol–water partition coefficient (Wildman–Crippen LogP) is 5.85. The van der Waals surface area contributed by atoms with Gasteiger partial charge in [0.15, 0.2) is 0 Å². The van der Waals surface area contributed by atoms with E-state index in [1.54, 1.807) is 11.0 Å². The number of carbonyl (C=O) groups excluding carboxylic acids is 2. The number of ketones is 1. The number of aromatic amines is 1. The van der Waals surface area contributed by atoms with Gasteiger partial charge in [0.05, 0.1) is 11.6 Å². The third-order valence-corrected chi connectivity index (χ3v) is 6.55. The molecule has 1 unspecified atom stereocenters. The molecule has 5 heteroatoms. The van der Waals surface area contributed by atoms with Crippen molar-refractivity contribution in [3.8, 4) is 0 Å². The first-order valence-corrected chi connectivity index (χ1v) is 11.4. The summed E-state index contributed by atoms with van der Waals surface area (Å²) in [5, 5.41) is 14.3. The number of fused-ring (bicyclic) bond motifs is 2. The highest BCUT2D eigenvalue weighted by Gasteiger charge is 2.47. The van der Waals surface area contributed by atoms with E-state index in [0.717, 1.165) is 45.8 Å². The molecule has 5 nitrogen and oxygen atoms in total. The van der Waals surface area contributed by atoms with Crippen LogP contribution in [-0.2, 0) is 9.59 Å². The molecule has 0 aliphatic carbocycles. The zero-order valence-corrected chi connectivity index (χ0v) is 18.8. The van der Waals surface area contributed by atoms with E-state index < -0.39 is 17.7 Å². The van der Waals surface area contributed by atoms with Gasteiger partial charge >= 0.3 is 0 Å². The van der Waals surface area contributed by atoms with E-state index in [-0.39, 0.29) is 11.3 Å². The van der Waals surface area contributed by atoms with E-state index in [1.807, 2.05) is 67.6 Å². The van der Waals surface area contributed by atoms with Crippen LogP contribution in [0.5, 0.6) is 0 Å². The number of rotatable bonds is 5. The summed E-state index contributed by atoms with van der Waals surface area (Å²) in [5.74, 6) is -1.31. The number of aromatic nitrogens is 1.